The van der Waals surface area contributed by atoms with Gasteiger partial charge in [-0.15, -0.1) is 10.2 Å². The van der Waals surface area contributed by atoms with Gasteiger partial charge in [-0.25, -0.2) is 0 Å². The molecule has 7 heteroatoms. The van der Waals surface area contributed by atoms with Crippen molar-refractivity contribution < 1.29 is 13.9 Å². The zero-order valence-corrected chi connectivity index (χ0v) is 14.0. The highest BCUT2D eigenvalue weighted by atomic mass is 35.5. The molecular weight excluding hydrogens is 318 g/mol. The summed E-state index contributed by atoms with van der Waals surface area (Å²) in [4.78, 5) is 2.24. The summed E-state index contributed by atoms with van der Waals surface area (Å²) in [6.45, 7) is 6.94. The van der Waals surface area contributed by atoms with E-state index in [9.17, 15) is 0 Å². The van der Waals surface area contributed by atoms with Crippen molar-refractivity contribution in [1.82, 2.24) is 15.1 Å². The summed E-state index contributed by atoms with van der Waals surface area (Å²) >= 11 is 6.39. The lowest BCUT2D eigenvalue weighted by atomic mass is 10.1. The number of benzene rings is 1. The predicted octanol–water partition coefficient (Wildman–Crippen LogP) is 3.00. The standard InChI is InChI=1S/C16H20ClN3O3/c1-3-22-15-6-4-5-13(17)12(15)9-20-7-8-21-10-14(20)16-19-18-11(2)23-16/h4-6,14H,3,7-10H2,1-2H3. The lowest BCUT2D eigenvalue weighted by Crippen LogP contribution is -2.39. The van der Waals surface area contributed by atoms with E-state index in [1.165, 1.54) is 0 Å². The second-order valence-corrected chi connectivity index (χ2v) is 5.78. The minimum absolute atomic E-state index is 0.0734. The van der Waals surface area contributed by atoms with Crippen molar-refractivity contribution >= 4 is 11.6 Å². The summed E-state index contributed by atoms with van der Waals surface area (Å²) in [6, 6.07) is 5.65. The van der Waals surface area contributed by atoms with Crippen LogP contribution in [0.2, 0.25) is 5.02 Å². The Balaban J connectivity index is 1.85. The van der Waals surface area contributed by atoms with Crippen LogP contribution in [-0.4, -0.2) is 41.5 Å². The van der Waals surface area contributed by atoms with Crippen molar-refractivity contribution in [1.29, 1.82) is 0 Å². The van der Waals surface area contributed by atoms with Crippen molar-refractivity contribution in [3.63, 3.8) is 0 Å². The van der Waals surface area contributed by atoms with E-state index in [4.69, 9.17) is 25.5 Å². The third-order valence-electron chi connectivity index (χ3n) is 3.80. The minimum Gasteiger partial charge on any atom is -0.493 e. The molecule has 124 valence electrons. The molecule has 0 N–H and O–H groups in total. The predicted molar refractivity (Wildman–Crippen MR) is 85.6 cm³/mol. The molecule has 2 aromatic rings. The topological polar surface area (TPSA) is 60.6 Å². The lowest BCUT2D eigenvalue weighted by Gasteiger charge is -2.33. The average Bonchev–Trinajstić information content (AvgIpc) is 2.98. The van der Waals surface area contributed by atoms with Gasteiger partial charge in [0, 0.05) is 30.6 Å². The molecule has 3 rings (SSSR count). The second-order valence-electron chi connectivity index (χ2n) is 5.37. The summed E-state index contributed by atoms with van der Waals surface area (Å²) in [6.07, 6.45) is 0. The molecule has 1 aromatic heterocycles. The van der Waals surface area contributed by atoms with Gasteiger partial charge in [0.15, 0.2) is 0 Å². The summed E-state index contributed by atoms with van der Waals surface area (Å²) in [5.41, 5.74) is 0.971. The van der Waals surface area contributed by atoms with Crippen LogP contribution in [0.1, 0.15) is 30.3 Å². The molecule has 0 saturated carbocycles. The summed E-state index contributed by atoms with van der Waals surface area (Å²) in [7, 11) is 0. The van der Waals surface area contributed by atoms with Crippen LogP contribution in [0.25, 0.3) is 0 Å². The third kappa shape index (κ3) is 3.65. The summed E-state index contributed by atoms with van der Waals surface area (Å²) in [5, 5.41) is 8.76. The molecule has 1 saturated heterocycles. The maximum absolute atomic E-state index is 6.39. The number of aryl methyl sites for hydroxylation is 1. The van der Waals surface area contributed by atoms with Crippen LogP contribution >= 0.6 is 11.6 Å². The van der Waals surface area contributed by atoms with Gasteiger partial charge in [0.2, 0.25) is 11.8 Å². The lowest BCUT2D eigenvalue weighted by molar-refractivity contribution is -0.0228. The van der Waals surface area contributed by atoms with Crippen molar-refractivity contribution in [2.45, 2.75) is 26.4 Å². The SMILES string of the molecule is CCOc1cccc(Cl)c1CN1CCOCC1c1nnc(C)o1. The Morgan fingerprint density at radius 1 is 1.39 bits per heavy atom. The molecule has 1 aliphatic rings. The summed E-state index contributed by atoms with van der Waals surface area (Å²) < 4.78 is 16.9. The van der Waals surface area contributed by atoms with Crippen LogP contribution in [-0.2, 0) is 11.3 Å². The molecule has 1 atom stereocenters. The number of hydrogen-bond donors (Lipinski definition) is 0. The normalized spacial score (nSPS) is 19.0. The molecule has 23 heavy (non-hydrogen) atoms. The average molecular weight is 338 g/mol. The second kappa shape index (κ2) is 7.29. The first-order chi connectivity index (χ1) is 11.2. The number of ether oxygens (including phenoxy) is 2. The fraction of sp³-hybridized carbons (Fsp3) is 0.500. The number of hydrogen-bond acceptors (Lipinski definition) is 6. The van der Waals surface area contributed by atoms with E-state index in [2.05, 4.69) is 15.1 Å². The minimum atomic E-state index is -0.0734. The maximum atomic E-state index is 6.39. The van der Waals surface area contributed by atoms with Gasteiger partial charge in [0.05, 0.1) is 19.8 Å². The van der Waals surface area contributed by atoms with Gasteiger partial charge >= 0.3 is 0 Å². The van der Waals surface area contributed by atoms with E-state index < -0.39 is 0 Å². The highest BCUT2D eigenvalue weighted by Crippen LogP contribution is 2.32. The fourth-order valence-electron chi connectivity index (χ4n) is 2.69. The number of morpholine rings is 1. The monoisotopic (exact) mass is 337 g/mol. The van der Waals surface area contributed by atoms with E-state index in [1.807, 2.05) is 25.1 Å². The molecule has 1 unspecified atom stereocenters. The van der Waals surface area contributed by atoms with Gasteiger partial charge in [0.1, 0.15) is 11.8 Å². The van der Waals surface area contributed by atoms with E-state index >= 15 is 0 Å². The molecule has 0 radical (unpaired) electrons. The van der Waals surface area contributed by atoms with E-state index in [1.54, 1.807) is 6.92 Å². The molecule has 1 aliphatic heterocycles. The fourth-order valence-corrected chi connectivity index (χ4v) is 2.91. The maximum Gasteiger partial charge on any atom is 0.235 e. The Morgan fingerprint density at radius 2 is 2.26 bits per heavy atom. The molecule has 1 fully saturated rings. The molecule has 0 spiro atoms. The molecule has 0 amide bonds. The number of halogens is 1. The van der Waals surface area contributed by atoms with Gasteiger partial charge in [-0.2, -0.15) is 0 Å². The zero-order chi connectivity index (χ0) is 16.2. The Morgan fingerprint density at radius 3 is 3.00 bits per heavy atom. The first-order valence-corrected chi connectivity index (χ1v) is 8.08. The third-order valence-corrected chi connectivity index (χ3v) is 4.16. The van der Waals surface area contributed by atoms with Crippen LogP contribution in [0.5, 0.6) is 5.75 Å². The highest BCUT2D eigenvalue weighted by molar-refractivity contribution is 6.31. The van der Waals surface area contributed by atoms with Crippen molar-refractivity contribution in [3.05, 3.63) is 40.6 Å². The van der Waals surface area contributed by atoms with Gasteiger partial charge < -0.3 is 13.9 Å². The van der Waals surface area contributed by atoms with E-state index in [0.717, 1.165) is 17.9 Å². The smallest absolute Gasteiger partial charge is 0.235 e. The van der Waals surface area contributed by atoms with Crippen molar-refractivity contribution in [2.24, 2.45) is 0 Å². The number of rotatable bonds is 5. The van der Waals surface area contributed by atoms with Crippen molar-refractivity contribution in [2.75, 3.05) is 26.4 Å². The zero-order valence-electron chi connectivity index (χ0n) is 13.3. The van der Waals surface area contributed by atoms with Crippen LogP contribution in [0.15, 0.2) is 22.6 Å². The highest BCUT2D eigenvalue weighted by Gasteiger charge is 2.30. The van der Waals surface area contributed by atoms with Gasteiger partial charge in [-0.1, -0.05) is 17.7 Å². The largest absolute Gasteiger partial charge is 0.493 e. The molecule has 6 nitrogen and oxygen atoms in total. The quantitative estimate of drug-likeness (QED) is 0.835. The van der Waals surface area contributed by atoms with Gasteiger partial charge in [-0.05, 0) is 19.1 Å². The molecule has 2 heterocycles. The Kier molecular flexibility index (Phi) is 5.15. The number of aromatic nitrogens is 2. The first kappa shape index (κ1) is 16.2. The van der Waals surface area contributed by atoms with Crippen LogP contribution in [0.4, 0.5) is 0 Å². The summed E-state index contributed by atoms with van der Waals surface area (Å²) in [5.74, 6) is 1.94. The first-order valence-electron chi connectivity index (χ1n) is 7.71. The molecule has 1 aromatic carbocycles. The van der Waals surface area contributed by atoms with E-state index in [0.29, 0.717) is 43.2 Å². The Labute approximate surface area is 140 Å². The van der Waals surface area contributed by atoms with Crippen LogP contribution in [0, 0.1) is 6.92 Å². The number of nitrogens with zero attached hydrogens (tertiary/aromatic N) is 3. The van der Waals surface area contributed by atoms with Gasteiger partial charge in [0.25, 0.3) is 0 Å². The molecule has 0 aliphatic carbocycles. The van der Waals surface area contributed by atoms with Crippen LogP contribution < -0.4 is 4.74 Å². The Hall–Kier alpha value is -1.63. The van der Waals surface area contributed by atoms with E-state index in [-0.39, 0.29) is 6.04 Å². The molecular formula is C16H20ClN3O3. The Bertz CT molecular complexity index is 662. The van der Waals surface area contributed by atoms with Gasteiger partial charge in [-0.3, -0.25) is 4.90 Å². The van der Waals surface area contributed by atoms with Crippen LogP contribution in [0.3, 0.4) is 0 Å². The molecule has 0 bridgehead atoms. The van der Waals surface area contributed by atoms with Crippen molar-refractivity contribution in [3.8, 4) is 5.75 Å².